The highest BCUT2D eigenvalue weighted by Crippen LogP contribution is 2.25. The minimum atomic E-state index is -0.0419. The summed E-state index contributed by atoms with van der Waals surface area (Å²) < 4.78 is 1.86. The normalized spacial score (nSPS) is 11.0. The molecule has 1 aromatic carbocycles. The third kappa shape index (κ3) is 2.66. The zero-order valence-corrected chi connectivity index (χ0v) is 13.0. The van der Waals surface area contributed by atoms with Crippen molar-refractivity contribution in [2.45, 2.75) is 13.2 Å². The molecule has 0 aliphatic carbocycles. The Morgan fingerprint density at radius 2 is 1.79 bits per heavy atom. The van der Waals surface area contributed by atoms with Crippen LogP contribution in [0.25, 0.3) is 22.3 Å². The maximum atomic E-state index is 9.73. The van der Waals surface area contributed by atoms with E-state index in [4.69, 9.17) is 4.98 Å². The Bertz CT molecular complexity index is 965. The molecule has 118 valence electrons. The maximum Gasteiger partial charge on any atom is 0.159 e. The van der Waals surface area contributed by atoms with Gasteiger partial charge in [-0.3, -0.25) is 4.98 Å². The van der Waals surface area contributed by atoms with Crippen molar-refractivity contribution in [3.8, 4) is 11.3 Å². The summed E-state index contributed by atoms with van der Waals surface area (Å²) in [6, 6.07) is 15.8. The number of fused-ring (bicyclic) bond motifs is 1. The van der Waals surface area contributed by atoms with Gasteiger partial charge in [-0.15, -0.1) is 0 Å². The Hall–Kier alpha value is -3.05. The van der Waals surface area contributed by atoms with Crippen LogP contribution in [0.15, 0.2) is 67.1 Å². The lowest BCUT2D eigenvalue weighted by atomic mass is 10.1. The lowest BCUT2D eigenvalue weighted by Gasteiger charge is -2.08. The molecule has 24 heavy (non-hydrogen) atoms. The SMILES string of the molecule is OCc1cc(-c2ccccc2)nc2c1cnn2Cc1ccncc1. The standard InChI is InChI=1S/C19H16N4O/c24-13-16-10-18(15-4-2-1-3-5-15)22-19-17(16)11-21-23(19)12-14-6-8-20-9-7-14/h1-11,24H,12-13H2. The van der Waals surface area contributed by atoms with Crippen molar-refractivity contribution in [3.63, 3.8) is 0 Å². The first-order valence-electron chi connectivity index (χ1n) is 7.76. The largest absolute Gasteiger partial charge is 0.392 e. The molecule has 0 aliphatic rings. The van der Waals surface area contributed by atoms with Crippen LogP contribution in [0.5, 0.6) is 0 Å². The number of hydrogen-bond acceptors (Lipinski definition) is 4. The fourth-order valence-electron chi connectivity index (χ4n) is 2.78. The van der Waals surface area contributed by atoms with Crippen LogP contribution in [-0.4, -0.2) is 24.9 Å². The third-order valence-electron chi connectivity index (χ3n) is 4.02. The minimum Gasteiger partial charge on any atom is -0.392 e. The van der Waals surface area contributed by atoms with Gasteiger partial charge in [0.1, 0.15) is 0 Å². The maximum absolute atomic E-state index is 9.73. The molecule has 0 saturated heterocycles. The number of pyridine rings is 2. The average molecular weight is 316 g/mol. The second-order valence-corrected chi connectivity index (χ2v) is 5.59. The van der Waals surface area contributed by atoms with Crippen molar-refractivity contribution in [2.75, 3.05) is 0 Å². The zero-order chi connectivity index (χ0) is 16.4. The number of benzene rings is 1. The molecule has 0 amide bonds. The van der Waals surface area contributed by atoms with Crippen LogP contribution in [0, 0.1) is 0 Å². The van der Waals surface area contributed by atoms with Crippen molar-refractivity contribution >= 4 is 11.0 Å². The molecule has 1 N–H and O–H groups in total. The monoisotopic (exact) mass is 316 g/mol. The molecular formula is C19H16N4O. The van der Waals surface area contributed by atoms with Crippen LogP contribution >= 0.6 is 0 Å². The van der Waals surface area contributed by atoms with Gasteiger partial charge in [0, 0.05) is 23.3 Å². The van der Waals surface area contributed by atoms with Crippen molar-refractivity contribution in [3.05, 3.63) is 78.2 Å². The quantitative estimate of drug-likeness (QED) is 0.628. The molecule has 0 radical (unpaired) electrons. The Morgan fingerprint density at radius 1 is 1.00 bits per heavy atom. The van der Waals surface area contributed by atoms with Crippen LogP contribution < -0.4 is 0 Å². The Balaban J connectivity index is 1.85. The second kappa shape index (κ2) is 6.22. The number of aliphatic hydroxyl groups is 1. The summed E-state index contributed by atoms with van der Waals surface area (Å²) in [5.41, 5.74) is 4.57. The molecule has 4 aromatic rings. The summed E-state index contributed by atoms with van der Waals surface area (Å²) in [7, 11) is 0. The molecule has 0 fully saturated rings. The predicted octanol–water partition coefficient (Wildman–Crippen LogP) is 3.03. The van der Waals surface area contributed by atoms with Crippen LogP contribution in [0.1, 0.15) is 11.1 Å². The van der Waals surface area contributed by atoms with E-state index in [0.29, 0.717) is 6.54 Å². The molecule has 0 aliphatic heterocycles. The molecule has 5 nitrogen and oxygen atoms in total. The average Bonchev–Trinajstić information content (AvgIpc) is 3.05. The van der Waals surface area contributed by atoms with Crippen LogP contribution in [0.3, 0.4) is 0 Å². The minimum absolute atomic E-state index is 0.0419. The molecule has 0 saturated carbocycles. The summed E-state index contributed by atoms with van der Waals surface area (Å²) in [4.78, 5) is 8.82. The Labute approximate surface area is 139 Å². The highest BCUT2D eigenvalue weighted by Gasteiger charge is 2.12. The van der Waals surface area contributed by atoms with Crippen molar-refractivity contribution in [1.29, 1.82) is 0 Å². The lowest BCUT2D eigenvalue weighted by Crippen LogP contribution is -2.03. The molecule has 0 bridgehead atoms. The first-order valence-corrected chi connectivity index (χ1v) is 7.76. The number of rotatable bonds is 4. The van der Waals surface area contributed by atoms with E-state index in [0.717, 1.165) is 33.4 Å². The van der Waals surface area contributed by atoms with Crippen molar-refractivity contribution in [2.24, 2.45) is 0 Å². The fourth-order valence-corrected chi connectivity index (χ4v) is 2.78. The van der Waals surface area contributed by atoms with E-state index in [1.807, 2.05) is 53.2 Å². The molecule has 4 rings (SSSR count). The summed E-state index contributed by atoms with van der Waals surface area (Å²) in [6.45, 7) is 0.571. The van der Waals surface area contributed by atoms with E-state index >= 15 is 0 Å². The van der Waals surface area contributed by atoms with Crippen molar-refractivity contribution in [1.82, 2.24) is 19.7 Å². The molecule has 5 heteroatoms. The summed E-state index contributed by atoms with van der Waals surface area (Å²) in [5, 5.41) is 15.1. The molecule has 3 heterocycles. The predicted molar refractivity (Wildman–Crippen MR) is 92.2 cm³/mol. The third-order valence-corrected chi connectivity index (χ3v) is 4.02. The van der Waals surface area contributed by atoms with E-state index in [-0.39, 0.29) is 6.61 Å². The highest BCUT2D eigenvalue weighted by atomic mass is 16.3. The molecule has 3 aromatic heterocycles. The van der Waals surface area contributed by atoms with Gasteiger partial charge >= 0.3 is 0 Å². The summed E-state index contributed by atoms with van der Waals surface area (Å²) >= 11 is 0. The van der Waals surface area contributed by atoms with Crippen LogP contribution in [0.2, 0.25) is 0 Å². The van der Waals surface area contributed by atoms with Gasteiger partial charge in [-0.25, -0.2) is 9.67 Å². The molecule has 0 atom stereocenters. The summed E-state index contributed by atoms with van der Waals surface area (Å²) in [6.07, 6.45) is 5.30. The first kappa shape index (κ1) is 14.5. The van der Waals surface area contributed by atoms with Gasteiger partial charge in [0.15, 0.2) is 5.65 Å². The van der Waals surface area contributed by atoms with Crippen LogP contribution in [-0.2, 0) is 13.2 Å². The van der Waals surface area contributed by atoms with Gasteiger partial charge in [0.05, 0.1) is 25.0 Å². The number of aromatic nitrogens is 4. The number of hydrogen-bond donors (Lipinski definition) is 1. The van der Waals surface area contributed by atoms with Gasteiger partial charge in [-0.1, -0.05) is 30.3 Å². The van der Waals surface area contributed by atoms with Gasteiger partial charge < -0.3 is 5.11 Å². The summed E-state index contributed by atoms with van der Waals surface area (Å²) in [5.74, 6) is 0. The van der Waals surface area contributed by atoms with Gasteiger partial charge in [-0.2, -0.15) is 5.10 Å². The van der Waals surface area contributed by atoms with Gasteiger partial charge in [0.2, 0.25) is 0 Å². The lowest BCUT2D eigenvalue weighted by molar-refractivity contribution is 0.283. The Kier molecular flexibility index (Phi) is 3.76. The Morgan fingerprint density at radius 3 is 2.54 bits per heavy atom. The van der Waals surface area contributed by atoms with E-state index in [1.54, 1.807) is 18.6 Å². The van der Waals surface area contributed by atoms with E-state index < -0.39 is 0 Å². The fraction of sp³-hybridized carbons (Fsp3) is 0.105. The molecule has 0 unspecified atom stereocenters. The van der Waals surface area contributed by atoms with E-state index in [2.05, 4.69) is 10.1 Å². The van der Waals surface area contributed by atoms with Gasteiger partial charge in [-0.05, 0) is 29.3 Å². The zero-order valence-electron chi connectivity index (χ0n) is 13.0. The topological polar surface area (TPSA) is 63.8 Å². The van der Waals surface area contributed by atoms with Crippen molar-refractivity contribution < 1.29 is 5.11 Å². The van der Waals surface area contributed by atoms with Crippen LogP contribution in [0.4, 0.5) is 0 Å². The second-order valence-electron chi connectivity index (χ2n) is 5.59. The van der Waals surface area contributed by atoms with E-state index in [9.17, 15) is 5.11 Å². The molecule has 0 spiro atoms. The molecular weight excluding hydrogens is 300 g/mol. The smallest absolute Gasteiger partial charge is 0.159 e. The number of aliphatic hydroxyl groups excluding tert-OH is 1. The van der Waals surface area contributed by atoms with Gasteiger partial charge in [0.25, 0.3) is 0 Å². The number of nitrogens with zero attached hydrogens (tertiary/aromatic N) is 4. The highest BCUT2D eigenvalue weighted by molar-refractivity contribution is 5.82. The van der Waals surface area contributed by atoms with E-state index in [1.165, 1.54) is 0 Å². The first-order chi connectivity index (χ1) is 11.8.